The molecule has 1 rings (SSSR count). The van der Waals surface area contributed by atoms with Crippen LogP contribution in [0.1, 0.15) is 0 Å². The van der Waals surface area contributed by atoms with Crippen molar-refractivity contribution in [3.05, 3.63) is 19.3 Å². The van der Waals surface area contributed by atoms with E-state index < -0.39 is 36.8 Å². The molecule has 0 radical (unpaired) electrons. The molecule has 4 heteroatoms. The van der Waals surface area contributed by atoms with Gasteiger partial charge in [0, 0.05) is 0 Å². The third-order valence-electron chi connectivity index (χ3n) is 2.73. The van der Waals surface area contributed by atoms with Crippen molar-refractivity contribution in [1.82, 2.24) is 0 Å². The van der Waals surface area contributed by atoms with Gasteiger partial charge in [-0.3, -0.25) is 0 Å². The van der Waals surface area contributed by atoms with Crippen molar-refractivity contribution in [2.24, 2.45) is 0 Å². The SMILES string of the molecule is [CH3][Sn]([CH3])([CH3])[C]1=CC=[C]([Sn]([CH3])([CH3])[CH3])C(=O)C1=O. The maximum atomic E-state index is 12.1. The molecule has 2 nitrogen and oxygen atoms in total. The molecule has 0 spiro atoms. The summed E-state index contributed by atoms with van der Waals surface area (Å²) in [4.78, 5) is 37.1. The van der Waals surface area contributed by atoms with Crippen LogP contribution in [0.3, 0.4) is 0 Å². The Morgan fingerprint density at radius 1 is 0.688 bits per heavy atom. The van der Waals surface area contributed by atoms with Crippen molar-refractivity contribution in [3.63, 3.8) is 0 Å². The maximum absolute atomic E-state index is 12.1. The topological polar surface area (TPSA) is 34.1 Å². The summed E-state index contributed by atoms with van der Waals surface area (Å²) < 4.78 is 1.69. The van der Waals surface area contributed by atoms with Crippen LogP contribution < -0.4 is 0 Å². The zero-order chi connectivity index (χ0) is 12.7. The summed E-state index contributed by atoms with van der Waals surface area (Å²) in [5, 5.41) is 0. The van der Waals surface area contributed by atoms with Crippen molar-refractivity contribution in [2.45, 2.75) is 29.6 Å². The van der Waals surface area contributed by atoms with E-state index in [1.165, 1.54) is 0 Å². The molecule has 0 N–H and O–H groups in total. The van der Waals surface area contributed by atoms with Crippen LogP contribution >= 0.6 is 0 Å². The van der Waals surface area contributed by atoms with E-state index in [9.17, 15) is 9.59 Å². The molecule has 0 aliphatic heterocycles. The van der Waals surface area contributed by atoms with E-state index in [1.54, 1.807) is 0 Å². The van der Waals surface area contributed by atoms with Crippen LogP contribution in [0, 0.1) is 0 Å². The molecule has 0 bridgehead atoms. The molecule has 1 aliphatic carbocycles. The van der Waals surface area contributed by atoms with Crippen LogP contribution in [0.5, 0.6) is 0 Å². The first kappa shape index (κ1) is 14.5. The van der Waals surface area contributed by atoms with Crippen LogP contribution in [-0.4, -0.2) is 48.3 Å². The van der Waals surface area contributed by atoms with Crippen LogP contribution in [0.25, 0.3) is 0 Å². The Bertz CT molecular complexity index is 364. The van der Waals surface area contributed by atoms with Gasteiger partial charge in [-0.1, -0.05) is 0 Å². The van der Waals surface area contributed by atoms with Crippen molar-refractivity contribution in [1.29, 1.82) is 0 Å². The normalized spacial score (nSPS) is 18.4. The molecule has 0 heterocycles. The Morgan fingerprint density at radius 3 is 1.12 bits per heavy atom. The fourth-order valence-corrected chi connectivity index (χ4v) is 9.61. The number of carbonyl (C=O) groups excluding carboxylic acids is 2. The Labute approximate surface area is 106 Å². The van der Waals surface area contributed by atoms with Gasteiger partial charge in [-0.25, -0.2) is 0 Å². The van der Waals surface area contributed by atoms with E-state index in [0.717, 1.165) is 7.18 Å². The predicted octanol–water partition coefficient (Wildman–Crippen LogP) is 2.75. The van der Waals surface area contributed by atoms with Gasteiger partial charge in [0.1, 0.15) is 0 Å². The molecule has 0 saturated heterocycles. The number of ketones is 2. The molecule has 0 fully saturated rings. The van der Waals surface area contributed by atoms with E-state index in [2.05, 4.69) is 29.6 Å². The zero-order valence-corrected chi connectivity index (χ0v) is 16.7. The summed E-state index contributed by atoms with van der Waals surface area (Å²) in [5.41, 5.74) is 0. The molecular formula is C12H20O2Sn2. The Hall–Kier alpha value is 0.417. The van der Waals surface area contributed by atoms with Crippen molar-refractivity contribution >= 4 is 48.3 Å². The van der Waals surface area contributed by atoms with Gasteiger partial charge >= 0.3 is 107 Å². The van der Waals surface area contributed by atoms with E-state index in [4.69, 9.17) is 0 Å². The quantitative estimate of drug-likeness (QED) is 0.381. The number of hydrogen-bond donors (Lipinski definition) is 0. The van der Waals surface area contributed by atoms with Gasteiger partial charge in [0.2, 0.25) is 0 Å². The fourth-order valence-electron chi connectivity index (χ4n) is 1.74. The van der Waals surface area contributed by atoms with Gasteiger partial charge in [-0.05, 0) is 0 Å². The molecule has 0 aromatic carbocycles. The summed E-state index contributed by atoms with van der Waals surface area (Å²) in [7, 11) is 0. The molecule has 0 aromatic rings. The van der Waals surface area contributed by atoms with Gasteiger partial charge in [-0.2, -0.15) is 0 Å². The molecule has 1 aliphatic rings. The molecule has 88 valence electrons. The summed E-state index contributed by atoms with van der Waals surface area (Å²) in [6.07, 6.45) is 3.88. The zero-order valence-electron chi connectivity index (χ0n) is 11.0. The number of allylic oxidation sites excluding steroid dienone is 4. The van der Waals surface area contributed by atoms with E-state index in [1.807, 2.05) is 12.2 Å². The van der Waals surface area contributed by atoms with Crippen molar-refractivity contribution in [3.8, 4) is 0 Å². The first-order chi connectivity index (χ1) is 7.05. The summed E-state index contributed by atoms with van der Waals surface area (Å²) >= 11 is -4.83. The van der Waals surface area contributed by atoms with Gasteiger partial charge in [0.15, 0.2) is 0 Å². The number of hydrogen-bond acceptors (Lipinski definition) is 2. The number of Topliss-reactive ketones (excluding diaryl/α,β-unsaturated/α-hetero) is 2. The fraction of sp³-hybridized carbons (Fsp3) is 0.500. The minimum absolute atomic E-state index is 0.201. The van der Waals surface area contributed by atoms with Crippen LogP contribution in [0.4, 0.5) is 0 Å². The average molecular weight is 434 g/mol. The number of carbonyl (C=O) groups is 2. The van der Waals surface area contributed by atoms with E-state index in [0.29, 0.717) is 0 Å². The summed E-state index contributed by atoms with van der Waals surface area (Å²) in [5.74, 6) is -0.403. The van der Waals surface area contributed by atoms with Crippen LogP contribution in [0.2, 0.25) is 29.6 Å². The average Bonchev–Trinajstić information content (AvgIpc) is 2.05. The van der Waals surface area contributed by atoms with Gasteiger partial charge in [0.25, 0.3) is 0 Å². The monoisotopic (exact) mass is 436 g/mol. The van der Waals surface area contributed by atoms with Crippen molar-refractivity contribution < 1.29 is 9.59 Å². The first-order valence-corrected chi connectivity index (χ1v) is 25.5. The predicted molar refractivity (Wildman–Crippen MR) is 72.9 cm³/mol. The number of rotatable bonds is 2. The van der Waals surface area contributed by atoms with Crippen LogP contribution in [-0.2, 0) is 9.59 Å². The second kappa shape index (κ2) is 4.59. The molecule has 0 amide bonds. The standard InChI is InChI=1S/C6H2O2.6CH3.2Sn/c7-5-3-1-2-4-6(5)8;;;;;;;;/h1-2H;6*1H3;;. The van der Waals surface area contributed by atoms with Gasteiger partial charge in [-0.15, -0.1) is 0 Å². The van der Waals surface area contributed by atoms with E-state index in [-0.39, 0.29) is 11.6 Å². The van der Waals surface area contributed by atoms with E-state index >= 15 is 0 Å². The van der Waals surface area contributed by atoms with Crippen LogP contribution in [0.15, 0.2) is 19.3 Å². The van der Waals surface area contributed by atoms with Gasteiger partial charge < -0.3 is 0 Å². The van der Waals surface area contributed by atoms with Gasteiger partial charge in [0.05, 0.1) is 0 Å². The Balaban J connectivity index is 3.25. The minimum atomic E-state index is -2.41. The molecule has 16 heavy (non-hydrogen) atoms. The summed E-state index contributed by atoms with van der Waals surface area (Å²) in [6, 6.07) is 0. The molecule has 0 unspecified atom stereocenters. The molecule has 0 saturated carbocycles. The molecule has 0 aromatic heterocycles. The third kappa shape index (κ3) is 3.00. The molecule has 0 atom stereocenters. The Kier molecular flexibility index (Phi) is 4.16. The first-order valence-electron chi connectivity index (χ1n) is 5.57. The van der Waals surface area contributed by atoms with Crippen molar-refractivity contribution in [2.75, 3.05) is 0 Å². The second-order valence-electron chi connectivity index (χ2n) is 6.32. The Morgan fingerprint density at radius 2 is 0.938 bits per heavy atom. The third-order valence-corrected chi connectivity index (χ3v) is 14.2. The molecular weight excluding hydrogens is 414 g/mol. The second-order valence-corrected chi connectivity index (χ2v) is 35.1. The summed E-state index contributed by atoms with van der Waals surface area (Å²) in [6.45, 7) is 0.